The highest BCUT2D eigenvalue weighted by Gasteiger charge is 2.44. The van der Waals surface area contributed by atoms with E-state index in [2.05, 4.69) is 0 Å². The van der Waals surface area contributed by atoms with Crippen LogP contribution in [-0.2, 0) is 6.18 Å². The highest BCUT2D eigenvalue weighted by Crippen LogP contribution is 2.42. The highest BCUT2D eigenvalue weighted by atomic mass is 19.4. The standard InChI is InChI=1S/C29H25F9O/c1-2-3-16-4-7-19(8-5-16)29(37,38)39-20-9-11-21(24(31)15-20)17-6-10-22(23(30)12-17)18-13-25(32)27(26(33)14-18)28(34,35)36/h6,9-16,19H,2-5,7-8H2,1H3. The molecule has 3 aromatic carbocycles. The highest BCUT2D eigenvalue weighted by molar-refractivity contribution is 5.72. The number of hydrogen-bond donors (Lipinski definition) is 0. The Morgan fingerprint density at radius 3 is 1.77 bits per heavy atom. The summed E-state index contributed by atoms with van der Waals surface area (Å²) in [6.45, 7) is 2.05. The van der Waals surface area contributed by atoms with Crippen LogP contribution in [0, 0.1) is 35.1 Å². The minimum absolute atomic E-state index is 0.0332. The van der Waals surface area contributed by atoms with Gasteiger partial charge in [-0.1, -0.05) is 31.9 Å². The van der Waals surface area contributed by atoms with Gasteiger partial charge in [-0.05, 0) is 73.1 Å². The lowest BCUT2D eigenvalue weighted by Gasteiger charge is -2.33. The second kappa shape index (κ2) is 11.1. The van der Waals surface area contributed by atoms with Gasteiger partial charge in [0.1, 0.15) is 34.6 Å². The topological polar surface area (TPSA) is 9.23 Å². The number of ether oxygens (including phenoxy) is 1. The summed E-state index contributed by atoms with van der Waals surface area (Å²) >= 11 is 0. The lowest BCUT2D eigenvalue weighted by molar-refractivity contribution is -0.223. The Labute approximate surface area is 219 Å². The van der Waals surface area contributed by atoms with Gasteiger partial charge in [0.05, 0.1) is 5.92 Å². The fraction of sp³-hybridized carbons (Fsp3) is 0.379. The molecule has 1 fully saturated rings. The van der Waals surface area contributed by atoms with Gasteiger partial charge < -0.3 is 4.74 Å². The minimum atomic E-state index is -5.28. The Morgan fingerprint density at radius 2 is 1.23 bits per heavy atom. The maximum absolute atomic E-state index is 14.9. The van der Waals surface area contributed by atoms with E-state index in [0.29, 0.717) is 43.7 Å². The SMILES string of the molecule is CCCC1CCC(C(F)(F)Oc2ccc(-c3ccc(-c4cc(F)c(C(F)(F)F)c(F)c4)c(F)c3)c(F)c2)CC1. The molecule has 0 aromatic heterocycles. The van der Waals surface area contributed by atoms with E-state index >= 15 is 0 Å². The van der Waals surface area contributed by atoms with Gasteiger partial charge in [-0.15, -0.1) is 0 Å². The molecular formula is C29H25F9O. The molecule has 0 aliphatic heterocycles. The molecule has 1 saturated carbocycles. The first-order chi connectivity index (χ1) is 18.3. The summed E-state index contributed by atoms with van der Waals surface area (Å²) in [5, 5.41) is 0. The first-order valence-corrected chi connectivity index (χ1v) is 12.5. The molecule has 210 valence electrons. The summed E-state index contributed by atoms with van der Waals surface area (Å²) in [5.74, 6) is -6.85. The smallest absolute Gasteiger partial charge is 0.422 e. The molecule has 3 aromatic rings. The minimum Gasteiger partial charge on any atom is -0.432 e. The number of halogens is 9. The van der Waals surface area contributed by atoms with Gasteiger partial charge in [-0.2, -0.15) is 22.0 Å². The van der Waals surface area contributed by atoms with Gasteiger partial charge >= 0.3 is 12.3 Å². The molecule has 1 nitrogen and oxygen atoms in total. The van der Waals surface area contributed by atoms with E-state index in [1.54, 1.807) is 0 Å². The monoisotopic (exact) mass is 560 g/mol. The predicted octanol–water partition coefficient (Wildman–Crippen LogP) is 10.2. The van der Waals surface area contributed by atoms with Crippen LogP contribution in [0.3, 0.4) is 0 Å². The van der Waals surface area contributed by atoms with E-state index in [9.17, 15) is 39.5 Å². The third kappa shape index (κ3) is 6.36. The predicted molar refractivity (Wildman–Crippen MR) is 128 cm³/mol. The molecule has 0 heterocycles. The van der Waals surface area contributed by atoms with Crippen molar-refractivity contribution in [3.05, 3.63) is 77.4 Å². The van der Waals surface area contributed by atoms with Crippen molar-refractivity contribution in [1.29, 1.82) is 0 Å². The first kappa shape index (κ1) is 28.8. The van der Waals surface area contributed by atoms with Crippen molar-refractivity contribution >= 4 is 0 Å². The molecular weight excluding hydrogens is 535 g/mol. The largest absolute Gasteiger partial charge is 0.432 e. The summed E-state index contributed by atoms with van der Waals surface area (Å²) in [7, 11) is 0. The lowest BCUT2D eigenvalue weighted by atomic mass is 9.79. The van der Waals surface area contributed by atoms with Crippen molar-refractivity contribution in [1.82, 2.24) is 0 Å². The number of alkyl halides is 5. The fourth-order valence-corrected chi connectivity index (χ4v) is 5.15. The molecule has 0 saturated heterocycles. The van der Waals surface area contributed by atoms with Crippen LogP contribution in [0.4, 0.5) is 39.5 Å². The van der Waals surface area contributed by atoms with Crippen molar-refractivity contribution in [2.24, 2.45) is 11.8 Å². The van der Waals surface area contributed by atoms with Crippen LogP contribution < -0.4 is 4.74 Å². The van der Waals surface area contributed by atoms with E-state index in [1.165, 1.54) is 6.07 Å². The van der Waals surface area contributed by atoms with Crippen molar-refractivity contribution in [2.75, 3.05) is 0 Å². The molecule has 1 aliphatic carbocycles. The van der Waals surface area contributed by atoms with Crippen LogP contribution in [0.2, 0.25) is 0 Å². The van der Waals surface area contributed by atoms with Gasteiger partial charge in [-0.3, -0.25) is 0 Å². The quantitative estimate of drug-likeness (QED) is 0.261. The molecule has 4 rings (SSSR count). The maximum Gasteiger partial charge on any atom is 0.422 e. The average molecular weight is 560 g/mol. The fourth-order valence-electron chi connectivity index (χ4n) is 5.15. The zero-order chi connectivity index (χ0) is 28.5. The lowest BCUT2D eigenvalue weighted by Crippen LogP contribution is -2.37. The molecule has 0 unspecified atom stereocenters. The molecule has 10 heteroatoms. The normalized spacial score (nSPS) is 18.3. The third-order valence-corrected chi connectivity index (χ3v) is 7.13. The second-order valence-electron chi connectivity index (χ2n) is 9.82. The van der Waals surface area contributed by atoms with Crippen LogP contribution >= 0.6 is 0 Å². The van der Waals surface area contributed by atoms with Crippen molar-refractivity contribution in [2.45, 2.75) is 57.7 Å². The maximum atomic E-state index is 14.9. The Bertz CT molecular complexity index is 1300. The van der Waals surface area contributed by atoms with Crippen molar-refractivity contribution in [3.63, 3.8) is 0 Å². The van der Waals surface area contributed by atoms with Gasteiger partial charge in [-0.25, -0.2) is 17.6 Å². The van der Waals surface area contributed by atoms with Crippen LogP contribution in [0.25, 0.3) is 22.3 Å². The first-order valence-electron chi connectivity index (χ1n) is 12.5. The van der Waals surface area contributed by atoms with Crippen LogP contribution in [-0.4, -0.2) is 6.11 Å². The molecule has 0 amide bonds. The van der Waals surface area contributed by atoms with Gasteiger partial charge in [0, 0.05) is 17.2 Å². The summed E-state index contributed by atoms with van der Waals surface area (Å²) in [4.78, 5) is 0. The molecule has 0 N–H and O–H groups in total. The van der Waals surface area contributed by atoms with E-state index < -0.39 is 63.9 Å². The number of hydrogen-bond acceptors (Lipinski definition) is 1. The Kier molecular flexibility index (Phi) is 8.23. The summed E-state index contributed by atoms with van der Waals surface area (Å²) in [6, 6.07) is 6.77. The van der Waals surface area contributed by atoms with E-state index in [-0.39, 0.29) is 11.1 Å². The van der Waals surface area contributed by atoms with Crippen molar-refractivity contribution in [3.8, 4) is 28.0 Å². The molecule has 0 radical (unpaired) electrons. The zero-order valence-corrected chi connectivity index (χ0v) is 20.8. The zero-order valence-electron chi connectivity index (χ0n) is 20.8. The van der Waals surface area contributed by atoms with E-state index in [1.807, 2.05) is 6.92 Å². The molecule has 39 heavy (non-hydrogen) atoms. The Balaban J connectivity index is 1.52. The molecule has 0 atom stereocenters. The summed E-state index contributed by atoms with van der Waals surface area (Å²) < 4.78 is 130. The number of benzene rings is 3. The number of rotatable bonds is 7. The van der Waals surface area contributed by atoms with Gasteiger partial charge in [0.15, 0.2) is 0 Å². The van der Waals surface area contributed by atoms with Crippen LogP contribution in [0.15, 0.2) is 48.5 Å². The van der Waals surface area contributed by atoms with Crippen LogP contribution in [0.1, 0.15) is 51.0 Å². The van der Waals surface area contributed by atoms with Crippen molar-refractivity contribution < 1.29 is 44.3 Å². The molecule has 0 spiro atoms. The van der Waals surface area contributed by atoms with Gasteiger partial charge in [0.2, 0.25) is 0 Å². The average Bonchev–Trinajstić information content (AvgIpc) is 2.83. The summed E-state index contributed by atoms with van der Waals surface area (Å²) in [6.07, 6.45) is -4.83. The Hall–Kier alpha value is -3.17. The third-order valence-electron chi connectivity index (χ3n) is 7.13. The molecule has 1 aliphatic rings. The van der Waals surface area contributed by atoms with Crippen LogP contribution in [0.5, 0.6) is 5.75 Å². The second-order valence-corrected chi connectivity index (χ2v) is 9.82. The Morgan fingerprint density at radius 1 is 0.692 bits per heavy atom. The summed E-state index contributed by atoms with van der Waals surface area (Å²) in [5.41, 5.74) is -3.20. The van der Waals surface area contributed by atoms with E-state index in [4.69, 9.17) is 4.74 Å². The van der Waals surface area contributed by atoms with E-state index in [0.717, 1.165) is 43.2 Å². The van der Waals surface area contributed by atoms with Gasteiger partial charge in [0.25, 0.3) is 0 Å². The molecule has 0 bridgehead atoms.